The van der Waals surface area contributed by atoms with E-state index in [1.54, 1.807) is 25.2 Å². The van der Waals surface area contributed by atoms with E-state index in [0.717, 1.165) is 36.2 Å². The van der Waals surface area contributed by atoms with Gasteiger partial charge in [0, 0.05) is 25.5 Å². The Morgan fingerprint density at radius 3 is 3.07 bits per heavy atom. The summed E-state index contributed by atoms with van der Waals surface area (Å²) in [5, 5.41) is 4.22. The first-order valence-electron chi connectivity index (χ1n) is 5.04. The summed E-state index contributed by atoms with van der Waals surface area (Å²) in [4.78, 5) is 8.31. The molecule has 1 rings (SSSR count). The summed E-state index contributed by atoms with van der Waals surface area (Å²) in [6.07, 6.45) is 2.68. The standard InChI is InChI=1S/C10H17N3OS/c1-3-4-11-9-7-10(13-8-12-9)15-6-5-14-2/h7-8H,3-6H2,1-2H3,(H,11,12,13). The van der Waals surface area contributed by atoms with Crippen molar-refractivity contribution in [3.05, 3.63) is 12.4 Å². The first-order valence-corrected chi connectivity index (χ1v) is 6.03. The number of hydrogen-bond donors (Lipinski definition) is 1. The van der Waals surface area contributed by atoms with Gasteiger partial charge < -0.3 is 10.1 Å². The van der Waals surface area contributed by atoms with Crippen LogP contribution in [0.25, 0.3) is 0 Å². The Bertz CT molecular complexity index is 283. The Balaban J connectivity index is 2.42. The highest BCUT2D eigenvalue weighted by Crippen LogP contribution is 2.16. The largest absolute Gasteiger partial charge is 0.384 e. The van der Waals surface area contributed by atoms with Crippen LogP contribution in [0.15, 0.2) is 17.4 Å². The van der Waals surface area contributed by atoms with Gasteiger partial charge in [-0.05, 0) is 6.42 Å². The van der Waals surface area contributed by atoms with Crippen molar-refractivity contribution in [2.24, 2.45) is 0 Å². The minimum atomic E-state index is 0.742. The quantitative estimate of drug-likeness (QED) is 0.439. The van der Waals surface area contributed by atoms with Gasteiger partial charge in [0.15, 0.2) is 0 Å². The molecule has 1 N–H and O–H groups in total. The van der Waals surface area contributed by atoms with Crippen molar-refractivity contribution in [1.29, 1.82) is 0 Å². The monoisotopic (exact) mass is 227 g/mol. The Labute approximate surface area is 94.8 Å². The van der Waals surface area contributed by atoms with Crippen LogP contribution in [-0.4, -0.2) is 36.0 Å². The van der Waals surface area contributed by atoms with E-state index >= 15 is 0 Å². The SMILES string of the molecule is CCCNc1cc(SCCOC)ncn1. The smallest absolute Gasteiger partial charge is 0.130 e. The van der Waals surface area contributed by atoms with Crippen molar-refractivity contribution in [3.8, 4) is 0 Å². The van der Waals surface area contributed by atoms with Gasteiger partial charge in [0.2, 0.25) is 0 Å². The van der Waals surface area contributed by atoms with Crippen molar-refractivity contribution in [3.63, 3.8) is 0 Å². The lowest BCUT2D eigenvalue weighted by molar-refractivity contribution is 0.218. The molecule has 15 heavy (non-hydrogen) atoms. The maximum atomic E-state index is 4.98. The highest BCUT2D eigenvalue weighted by atomic mass is 32.2. The number of hydrogen-bond acceptors (Lipinski definition) is 5. The van der Waals surface area contributed by atoms with Crippen LogP contribution in [0.1, 0.15) is 13.3 Å². The van der Waals surface area contributed by atoms with Crippen molar-refractivity contribution in [1.82, 2.24) is 9.97 Å². The fourth-order valence-corrected chi connectivity index (χ4v) is 1.77. The predicted octanol–water partition coefficient (Wildman–Crippen LogP) is 2.04. The minimum absolute atomic E-state index is 0.742. The van der Waals surface area contributed by atoms with Gasteiger partial charge in [-0.1, -0.05) is 6.92 Å². The lowest BCUT2D eigenvalue weighted by Gasteiger charge is -2.04. The van der Waals surface area contributed by atoms with Gasteiger partial charge in [0.05, 0.1) is 6.61 Å². The third-order valence-electron chi connectivity index (χ3n) is 1.74. The molecule has 1 aromatic rings. The third-order valence-corrected chi connectivity index (χ3v) is 2.63. The number of nitrogens with zero attached hydrogens (tertiary/aromatic N) is 2. The molecule has 0 saturated carbocycles. The number of aromatic nitrogens is 2. The Kier molecular flexibility index (Phi) is 6.11. The van der Waals surface area contributed by atoms with Crippen molar-refractivity contribution >= 4 is 17.6 Å². The van der Waals surface area contributed by atoms with Gasteiger partial charge in [-0.25, -0.2) is 9.97 Å². The molecule has 0 radical (unpaired) electrons. The molecule has 0 fully saturated rings. The molecule has 5 heteroatoms. The average molecular weight is 227 g/mol. The lowest BCUT2D eigenvalue weighted by Crippen LogP contribution is -2.02. The molecule has 0 unspecified atom stereocenters. The third kappa shape index (κ3) is 4.99. The Hall–Kier alpha value is -0.810. The summed E-state index contributed by atoms with van der Waals surface area (Å²) in [7, 11) is 1.70. The van der Waals surface area contributed by atoms with Crippen LogP contribution in [0, 0.1) is 0 Å². The molecule has 84 valence electrons. The number of ether oxygens (including phenoxy) is 1. The normalized spacial score (nSPS) is 10.3. The highest BCUT2D eigenvalue weighted by molar-refractivity contribution is 7.99. The molecule has 0 bridgehead atoms. The van der Waals surface area contributed by atoms with E-state index in [1.165, 1.54) is 0 Å². The zero-order valence-electron chi connectivity index (χ0n) is 9.19. The van der Waals surface area contributed by atoms with Crippen molar-refractivity contribution < 1.29 is 4.74 Å². The summed E-state index contributed by atoms with van der Waals surface area (Å²) in [6.45, 7) is 3.81. The van der Waals surface area contributed by atoms with Crippen molar-refractivity contribution in [2.45, 2.75) is 18.4 Å². The minimum Gasteiger partial charge on any atom is -0.384 e. The second-order valence-electron chi connectivity index (χ2n) is 3.01. The summed E-state index contributed by atoms with van der Waals surface area (Å²) < 4.78 is 4.98. The number of anilines is 1. The lowest BCUT2D eigenvalue weighted by atomic mass is 10.4. The number of thioether (sulfide) groups is 1. The zero-order chi connectivity index (χ0) is 10.9. The second-order valence-corrected chi connectivity index (χ2v) is 4.12. The van der Waals surface area contributed by atoms with Crippen LogP contribution in [0.4, 0.5) is 5.82 Å². The van der Waals surface area contributed by atoms with E-state index in [1.807, 2.05) is 6.07 Å². The number of methoxy groups -OCH3 is 1. The van der Waals surface area contributed by atoms with Crippen molar-refractivity contribution in [2.75, 3.05) is 31.3 Å². The van der Waals surface area contributed by atoms with Crippen LogP contribution in [0.3, 0.4) is 0 Å². The van der Waals surface area contributed by atoms with Gasteiger partial charge in [-0.3, -0.25) is 0 Å². The molecule has 0 saturated heterocycles. The average Bonchev–Trinajstić information content (AvgIpc) is 2.27. The topological polar surface area (TPSA) is 47.0 Å². The maximum Gasteiger partial charge on any atom is 0.130 e. The highest BCUT2D eigenvalue weighted by Gasteiger charge is 1.98. The van der Waals surface area contributed by atoms with E-state index in [-0.39, 0.29) is 0 Å². The summed E-state index contributed by atoms with van der Waals surface area (Å²) in [5.74, 6) is 1.81. The zero-order valence-corrected chi connectivity index (χ0v) is 10.0. The maximum absolute atomic E-state index is 4.98. The van der Waals surface area contributed by atoms with Crippen LogP contribution in [0.2, 0.25) is 0 Å². The summed E-state index contributed by atoms with van der Waals surface area (Å²) in [5.41, 5.74) is 0. The molecule has 0 amide bonds. The van der Waals surface area contributed by atoms with E-state index < -0.39 is 0 Å². The van der Waals surface area contributed by atoms with E-state index in [9.17, 15) is 0 Å². The molecule has 0 atom stereocenters. The Morgan fingerprint density at radius 1 is 1.47 bits per heavy atom. The first-order chi connectivity index (χ1) is 7.36. The van der Waals surface area contributed by atoms with Gasteiger partial charge in [0.1, 0.15) is 17.2 Å². The number of rotatable bonds is 7. The molecule has 0 aliphatic carbocycles. The van der Waals surface area contributed by atoms with E-state index in [0.29, 0.717) is 0 Å². The molecule has 0 aliphatic rings. The van der Waals surface area contributed by atoms with Gasteiger partial charge in [-0.15, -0.1) is 11.8 Å². The van der Waals surface area contributed by atoms with E-state index in [4.69, 9.17) is 4.74 Å². The second kappa shape index (κ2) is 7.48. The molecular formula is C10H17N3OS. The molecule has 1 heterocycles. The van der Waals surface area contributed by atoms with Crippen LogP contribution in [0.5, 0.6) is 0 Å². The first kappa shape index (κ1) is 12.3. The van der Waals surface area contributed by atoms with Gasteiger partial charge >= 0.3 is 0 Å². The van der Waals surface area contributed by atoms with Crippen LogP contribution in [-0.2, 0) is 4.74 Å². The van der Waals surface area contributed by atoms with Gasteiger partial charge in [-0.2, -0.15) is 0 Å². The molecule has 0 spiro atoms. The molecule has 0 aliphatic heterocycles. The summed E-state index contributed by atoms with van der Waals surface area (Å²) >= 11 is 1.68. The fourth-order valence-electron chi connectivity index (χ4n) is 0.998. The molecule has 1 aromatic heterocycles. The molecule has 0 aromatic carbocycles. The number of nitrogens with one attached hydrogen (secondary N) is 1. The molecule has 4 nitrogen and oxygen atoms in total. The fraction of sp³-hybridized carbons (Fsp3) is 0.600. The summed E-state index contributed by atoms with van der Waals surface area (Å²) in [6, 6.07) is 1.97. The van der Waals surface area contributed by atoms with E-state index in [2.05, 4.69) is 22.2 Å². The predicted molar refractivity (Wildman–Crippen MR) is 63.4 cm³/mol. The van der Waals surface area contributed by atoms with Crippen LogP contribution >= 0.6 is 11.8 Å². The van der Waals surface area contributed by atoms with Gasteiger partial charge in [0.25, 0.3) is 0 Å². The van der Waals surface area contributed by atoms with Crippen LogP contribution < -0.4 is 5.32 Å². The molecular weight excluding hydrogens is 210 g/mol. The Morgan fingerprint density at radius 2 is 2.33 bits per heavy atom.